The summed E-state index contributed by atoms with van der Waals surface area (Å²) in [6.07, 6.45) is 5.58. The molecule has 0 aliphatic carbocycles. The molecule has 204 valence electrons. The first kappa shape index (κ1) is 30.2. The molecule has 0 aliphatic heterocycles. The molecule has 0 saturated carbocycles. The molecule has 0 spiro atoms. The number of rotatable bonds is 2. The molecule has 0 saturated heterocycles. The summed E-state index contributed by atoms with van der Waals surface area (Å²) in [4.78, 5) is 0. The van der Waals surface area contributed by atoms with E-state index in [0.29, 0.717) is 0 Å². The summed E-state index contributed by atoms with van der Waals surface area (Å²) in [6.45, 7) is 28.2. The number of aryl methyl sites for hydroxylation is 3. The lowest BCUT2D eigenvalue weighted by Crippen LogP contribution is -2.12. The average Bonchev–Trinajstić information content (AvgIpc) is 2.90. The van der Waals surface area contributed by atoms with Crippen LogP contribution in [-0.4, -0.2) is 0 Å². The summed E-state index contributed by atoms with van der Waals surface area (Å²) in [7, 11) is 0. The third-order valence-corrected chi connectivity index (χ3v) is 7.32. The quantitative estimate of drug-likeness (QED) is 0.162. The van der Waals surface area contributed by atoms with Gasteiger partial charge in [0.2, 0.25) is 0 Å². The van der Waals surface area contributed by atoms with Crippen molar-refractivity contribution in [2.75, 3.05) is 0 Å². The average molecular weight is 517 g/mol. The van der Waals surface area contributed by atoms with E-state index in [1.807, 2.05) is 13.8 Å². The van der Waals surface area contributed by atoms with Crippen molar-refractivity contribution >= 4 is 44.5 Å². The molecule has 0 aromatic heterocycles. The summed E-state index contributed by atoms with van der Waals surface area (Å²) in [5, 5.41) is 9.33. The SMILES string of the molecule is C=Cc1c(-c2cc(C)cc(C)c2)ccc2c1/c(=C\C)c1ccc(C)c3cc(C(C)(C)C)cc2c31.CC.CCC. The molecule has 5 aromatic rings. The van der Waals surface area contributed by atoms with Gasteiger partial charge in [0.05, 0.1) is 0 Å². The van der Waals surface area contributed by atoms with Crippen LogP contribution < -0.4 is 5.22 Å². The highest BCUT2D eigenvalue weighted by molar-refractivity contribution is 6.24. The fourth-order valence-electron chi connectivity index (χ4n) is 5.66. The molecule has 0 aliphatic rings. The maximum absolute atomic E-state index is 4.29. The first-order chi connectivity index (χ1) is 18.5. The van der Waals surface area contributed by atoms with Crippen molar-refractivity contribution in [2.24, 2.45) is 0 Å². The smallest absolute Gasteiger partial charge is 0.00236 e. The topological polar surface area (TPSA) is 0 Å². The molecule has 0 heteroatoms. The summed E-state index contributed by atoms with van der Waals surface area (Å²) in [6, 6.07) is 20.9. The summed E-state index contributed by atoms with van der Waals surface area (Å²) in [5.41, 5.74) is 9.09. The fourth-order valence-corrected chi connectivity index (χ4v) is 5.66. The molecule has 5 aromatic carbocycles. The Bertz CT molecular complexity index is 1670. The Kier molecular flexibility index (Phi) is 9.44. The van der Waals surface area contributed by atoms with E-state index in [4.69, 9.17) is 0 Å². The van der Waals surface area contributed by atoms with Gasteiger partial charge in [-0.1, -0.05) is 133 Å². The largest absolute Gasteiger partial charge is 0.0984 e. The van der Waals surface area contributed by atoms with Crippen LogP contribution in [0.5, 0.6) is 0 Å². The normalized spacial score (nSPS) is 11.8. The molecule has 0 unspecified atom stereocenters. The Morgan fingerprint density at radius 3 is 1.82 bits per heavy atom. The second kappa shape index (κ2) is 12.2. The summed E-state index contributed by atoms with van der Waals surface area (Å²) < 4.78 is 0. The van der Waals surface area contributed by atoms with E-state index in [1.54, 1.807) is 0 Å². The third-order valence-electron chi connectivity index (χ3n) is 7.32. The minimum atomic E-state index is 0.0778. The molecule has 0 nitrogen and oxygen atoms in total. The monoisotopic (exact) mass is 516 g/mol. The molecular formula is C39H48. The Hall–Kier alpha value is -3.38. The van der Waals surface area contributed by atoms with E-state index >= 15 is 0 Å². The predicted molar refractivity (Wildman–Crippen MR) is 180 cm³/mol. The van der Waals surface area contributed by atoms with Gasteiger partial charge in [0.25, 0.3) is 0 Å². The van der Waals surface area contributed by atoms with Crippen LogP contribution in [0.3, 0.4) is 0 Å². The predicted octanol–water partition coefficient (Wildman–Crippen LogP) is 11.6. The van der Waals surface area contributed by atoms with E-state index in [9.17, 15) is 0 Å². The van der Waals surface area contributed by atoms with Gasteiger partial charge < -0.3 is 0 Å². The van der Waals surface area contributed by atoms with Crippen LogP contribution in [0.1, 0.15) is 89.6 Å². The van der Waals surface area contributed by atoms with Gasteiger partial charge in [0.1, 0.15) is 0 Å². The van der Waals surface area contributed by atoms with Crippen LogP contribution in [0.25, 0.3) is 55.6 Å². The van der Waals surface area contributed by atoms with Crippen molar-refractivity contribution in [1.29, 1.82) is 0 Å². The van der Waals surface area contributed by atoms with Crippen LogP contribution >= 0.6 is 0 Å². The highest BCUT2D eigenvalue weighted by Gasteiger charge is 2.20. The molecule has 39 heavy (non-hydrogen) atoms. The lowest BCUT2D eigenvalue weighted by Gasteiger charge is -2.23. The standard InChI is InChI=1S/C34H34.C3H8.C2H6/c1-9-25-27(23-16-20(3)15-21(4)17-23)13-14-29-31-19-24(34(6,7)8)18-30-22(5)11-12-28(33(30)31)26(10-2)32(25)29;1-3-2;1-2/h9-19H,1H2,2-8H3;3H2,1-2H3;1-2H3/b26-10-;;. The molecule has 0 amide bonds. The van der Waals surface area contributed by atoms with Crippen LogP contribution in [0, 0.1) is 20.8 Å². The van der Waals surface area contributed by atoms with Crippen LogP contribution in [0.4, 0.5) is 0 Å². The highest BCUT2D eigenvalue weighted by atomic mass is 14.2. The molecular weight excluding hydrogens is 468 g/mol. The molecule has 0 heterocycles. The van der Waals surface area contributed by atoms with Crippen molar-refractivity contribution in [3.05, 3.63) is 94.2 Å². The second-order valence-corrected chi connectivity index (χ2v) is 11.6. The van der Waals surface area contributed by atoms with Crippen molar-refractivity contribution in [1.82, 2.24) is 0 Å². The maximum Gasteiger partial charge on any atom is -0.00236 e. The van der Waals surface area contributed by atoms with Crippen molar-refractivity contribution < 1.29 is 0 Å². The van der Waals surface area contributed by atoms with E-state index in [2.05, 4.69) is 136 Å². The van der Waals surface area contributed by atoms with E-state index in [-0.39, 0.29) is 5.41 Å². The second-order valence-electron chi connectivity index (χ2n) is 11.6. The zero-order chi connectivity index (χ0) is 29.1. The van der Waals surface area contributed by atoms with E-state index < -0.39 is 0 Å². The Morgan fingerprint density at radius 2 is 1.28 bits per heavy atom. The Labute approximate surface area is 237 Å². The highest BCUT2D eigenvalue weighted by Crippen LogP contribution is 2.40. The van der Waals surface area contributed by atoms with Gasteiger partial charge >= 0.3 is 0 Å². The molecule has 0 radical (unpaired) electrons. The number of hydrogen-bond donors (Lipinski definition) is 0. The van der Waals surface area contributed by atoms with Gasteiger partial charge in [-0.15, -0.1) is 0 Å². The van der Waals surface area contributed by atoms with Crippen molar-refractivity contribution in [3.8, 4) is 11.1 Å². The first-order valence-electron chi connectivity index (χ1n) is 14.7. The van der Waals surface area contributed by atoms with Crippen molar-refractivity contribution in [2.45, 2.75) is 88.0 Å². The van der Waals surface area contributed by atoms with Gasteiger partial charge in [-0.05, 0) is 105 Å². The minimum absolute atomic E-state index is 0.0778. The first-order valence-corrected chi connectivity index (χ1v) is 14.7. The zero-order valence-electron chi connectivity index (χ0n) is 26.3. The van der Waals surface area contributed by atoms with E-state index in [1.165, 1.54) is 82.9 Å². The van der Waals surface area contributed by atoms with Crippen LogP contribution in [0.2, 0.25) is 0 Å². The van der Waals surface area contributed by atoms with E-state index in [0.717, 1.165) is 0 Å². The fraction of sp³-hybridized carbons (Fsp3) is 0.333. The van der Waals surface area contributed by atoms with Crippen LogP contribution in [0.15, 0.2) is 61.2 Å². The van der Waals surface area contributed by atoms with Gasteiger partial charge in [-0.2, -0.15) is 0 Å². The minimum Gasteiger partial charge on any atom is -0.0984 e. The van der Waals surface area contributed by atoms with Crippen LogP contribution in [-0.2, 0) is 5.41 Å². The molecule has 5 rings (SSSR count). The molecule has 0 atom stereocenters. The summed E-state index contributed by atoms with van der Waals surface area (Å²) >= 11 is 0. The van der Waals surface area contributed by atoms with Gasteiger partial charge in [-0.3, -0.25) is 0 Å². The number of hydrogen-bond acceptors (Lipinski definition) is 0. The molecule has 0 fully saturated rings. The summed E-state index contributed by atoms with van der Waals surface area (Å²) in [5.74, 6) is 0. The van der Waals surface area contributed by atoms with Gasteiger partial charge in [-0.25, -0.2) is 0 Å². The third kappa shape index (κ3) is 5.67. The Balaban J connectivity index is 0.000000787. The number of fused-ring (bicyclic) bond motifs is 2. The lowest BCUT2D eigenvalue weighted by molar-refractivity contribution is 0.592. The number of benzene rings is 5. The maximum atomic E-state index is 4.29. The van der Waals surface area contributed by atoms with Gasteiger partial charge in [0.15, 0.2) is 0 Å². The van der Waals surface area contributed by atoms with Gasteiger partial charge in [0, 0.05) is 0 Å². The lowest BCUT2D eigenvalue weighted by atomic mass is 9.81. The molecule has 0 bridgehead atoms. The Morgan fingerprint density at radius 1 is 0.718 bits per heavy atom. The van der Waals surface area contributed by atoms with Crippen molar-refractivity contribution in [3.63, 3.8) is 0 Å². The zero-order valence-corrected chi connectivity index (χ0v) is 26.3. The molecule has 0 N–H and O–H groups in total.